The molecule has 0 aliphatic carbocycles. The first-order valence-electron chi connectivity index (χ1n) is 18.3. The first kappa shape index (κ1) is 36.2. The molecule has 0 bridgehead atoms. The first-order chi connectivity index (χ1) is 19.2. The van der Waals surface area contributed by atoms with Gasteiger partial charge in [0.2, 0.25) is 0 Å². The zero-order chi connectivity index (χ0) is 28.2. The molecule has 0 saturated heterocycles. The van der Waals surface area contributed by atoms with Crippen LogP contribution in [0.2, 0.25) is 0 Å². The van der Waals surface area contributed by atoms with Crippen LogP contribution in [0, 0.1) is 0 Å². The smallest absolute Gasteiger partial charge is 0.111 e. The van der Waals surface area contributed by atoms with Crippen LogP contribution in [0.25, 0.3) is 0 Å². The summed E-state index contributed by atoms with van der Waals surface area (Å²) in [5.74, 6) is 2.06. The number of imidazole rings is 1. The number of aromatic nitrogens is 2. The van der Waals surface area contributed by atoms with Gasteiger partial charge in [0.05, 0.1) is 0 Å². The lowest BCUT2D eigenvalue weighted by atomic mass is 9.93. The average Bonchev–Trinajstić information content (AvgIpc) is 3.44. The summed E-state index contributed by atoms with van der Waals surface area (Å²) in [7, 11) is 0. The minimum absolute atomic E-state index is 0.590. The van der Waals surface area contributed by atoms with E-state index in [-0.39, 0.29) is 0 Å². The van der Waals surface area contributed by atoms with Crippen LogP contribution in [-0.2, 0) is 0 Å². The van der Waals surface area contributed by atoms with E-state index in [0.717, 1.165) is 0 Å². The van der Waals surface area contributed by atoms with Crippen molar-refractivity contribution in [1.82, 2.24) is 9.55 Å². The zero-order valence-electron chi connectivity index (χ0n) is 27.5. The molecule has 39 heavy (non-hydrogen) atoms. The van der Waals surface area contributed by atoms with Crippen LogP contribution in [0.15, 0.2) is 12.4 Å². The molecule has 0 amide bonds. The van der Waals surface area contributed by atoms with Crippen molar-refractivity contribution in [1.29, 1.82) is 0 Å². The van der Waals surface area contributed by atoms with Gasteiger partial charge in [0.25, 0.3) is 0 Å². The Morgan fingerprint density at radius 2 is 0.821 bits per heavy atom. The van der Waals surface area contributed by atoms with Crippen LogP contribution >= 0.6 is 0 Å². The molecule has 0 radical (unpaired) electrons. The van der Waals surface area contributed by atoms with E-state index in [1.165, 1.54) is 186 Å². The third-order valence-electron chi connectivity index (χ3n) is 9.08. The van der Waals surface area contributed by atoms with Crippen LogP contribution in [0.5, 0.6) is 0 Å². The molecule has 230 valence electrons. The molecule has 1 aromatic heterocycles. The minimum atomic E-state index is 0.590. The summed E-state index contributed by atoms with van der Waals surface area (Å²) in [5.41, 5.74) is 0. The molecule has 2 atom stereocenters. The maximum atomic E-state index is 4.96. The van der Waals surface area contributed by atoms with Gasteiger partial charge in [-0.25, -0.2) is 4.98 Å². The van der Waals surface area contributed by atoms with Gasteiger partial charge in [0, 0.05) is 24.4 Å². The van der Waals surface area contributed by atoms with E-state index in [4.69, 9.17) is 4.98 Å². The molecule has 0 aliphatic rings. The molecular formula is C37H72N2. The van der Waals surface area contributed by atoms with Gasteiger partial charge in [-0.2, -0.15) is 0 Å². The molecule has 2 unspecified atom stereocenters. The van der Waals surface area contributed by atoms with Crippen LogP contribution in [0.4, 0.5) is 0 Å². The second kappa shape index (κ2) is 27.4. The highest BCUT2D eigenvalue weighted by Crippen LogP contribution is 2.30. The van der Waals surface area contributed by atoms with E-state index in [2.05, 4.69) is 44.7 Å². The fraction of sp³-hybridized carbons (Fsp3) is 0.919. The summed E-state index contributed by atoms with van der Waals surface area (Å²) in [6, 6.07) is 0.590. The van der Waals surface area contributed by atoms with Gasteiger partial charge in [-0.05, 0) is 26.2 Å². The van der Waals surface area contributed by atoms with Crippen molar-refractivity contribution in [2.24, 2.45) is 0 Å². The molecule has 0 fully saturated rings. The average molecular weight is 545 g/mol. The number of unbranched alkanes of at least 4 members (excludes halogenated alkanes) is 22. The number of nitrogens with zero attached hydrogens (tertiary/aromatic N) is 2. The molecule has 0 saturated carbocycles. The number of hydrogen-bond acceptors (Lipinski definition) is 1. The fourth-order valence-electron chi connectivity index (χ4n) is 6.35. The maximum absolute atomic E-state index is 4.96. The Balaban J connectivity index is 2.31. The minimum Gasteiger partial charge on any atom is -0.332 e. The van der Waals surface area contributed by atoms with Gasteiger partial charge in [-0.1, -0.05) is 181 Å². The Morgan fingerprint density at radius 1 is 0.487 bits per heavy atom. The Labute approximate surface area is 246 Å². The molecule has 1 heterocycles. The Hall–Kier alpha value is -0.790. The van der Waals surface area contributed by atoms with Gasteiger partial charge in [-0.15, -0.1) is 0 Å². The molecule has 0 aromatic carbocycles. The second-order valence-electron chi connectivity index (χ2n) is 12.9. The van der Waals surface area contributed by atoms with Crippen LogP contribution in [0.1, 0.15) is 225 Å². The lowest BCUT2D eigenvalue weighted by Gasteiger charge is -2.22. The SMILES string of the molecule is CCCCCCCCCCCCCCCCC(CCCCCC)c1nccn1C(C)CCCCCCCCC. The van der Waals surface area contributed by atoms with E-state index in [1.807, 2.05) is 0 Å². The van der Waals surface area contributed by atoms with Gasteiger partial charge < -0.3 is 4.57 Å². The fourth-order valence-corrected chi connectivity index (χ4v) is 6.35. The predicted octanol–water partition coefficient (Wildman–Crippen LogP) is 13.5. The van der Waals surface area contributed by atoms with Gasteiger partial charge in [0.15, 0.2) is 0 Å². The van der Waals surface area contributed by atoms with Crippen molar-refractivity contribution in [3.63, 3.8) is 0 Å². The normalized spacial score (nSPS) is 13.2. The number of hydrogen-bond donors (Lipinski definition) is 0. The highest BCUT2D eigenvalue weighted by molar-refractivity contribution is 5.02. The van der Waals surface area contributed by atoms with E-state index in [0.29, 0.717) is 12.0 Å². The summed E-state index contributed by atoms with van der Waals surface area (Å²) >= 11 is 0. The second-order valence-corrected chi connectivity index (χ2v) is 12.9. The van der Waals surface area contributed by atoms with E-state index >= 15 is 0 Å². The topological polar surface area (TPSA) is 17.8 Å². The Bertz CT molecular complexity index is 606. The first-order valence-corrected chi connectivity index (χ1v) is 18.3. The number of rotatable bonds is 30. The predicted molar refractivity (Wildman–Crippen MR) is 176 cm³/mol. The largest absolute Gasteiger partial charge is 0.332 e. The quantitative estimate of drug-likeness (QED) is 0.0880. The molecular weight excluding hydrogens is 472 g/mol. The highest BCUT2D eigenvalue weighted by Gasteiger charge is 2.19. The highest BCUT2D eigenvalue weighted by atomic mass is 15.1. The molecule has 1 rings (SSSR count). The third kappa shape index (κ3) is 19.8. The molecule has 2 heteroatoms. The van der Waals surface area contributed by atoms with Crippen molar-refractivity contribution in [3.8, 4) is 0 Å². The lowest BCUT2D eigenvalue weighted by molar-refractivity contribution is 0.413. The molecule has 0 aliphatic heterocycles. The standard InChI is InChI=1S/C37H72N2/c1-5-8-11-14-16-17-18-19-20-21-22-24-26-29-32-36(31-28-13-10-7-3)37-38-33-34-39(37)35(4)30-27-25-23-15-12-9-6-2/h33-36H,5-32H2,1-4H3. The molecule has 0 spiro atoms. The third-order valence-corrected chi connectivity index (χ3v) is 9.08. The van der Waals surface area contributed by atoms with Crippen molar-refractivity contribution >= 4 is 0 Å². The van der Waals surface area contributed by atoms with E-state index in [9.17, 15) is 0 Å². The molecule has 2 nitrogen and oxygen atoms in total. The molecule has 0 N–H and O–H groups in total. The van der Waals surface area contributed by atoms with Crippen molar-refractivity contribution < 1.29 is 0 Å². The monoisotopic (exact) mass is 545 g/mol. The maximum Gasteiger partial charge on any atom is 0.111 e. The summed E-state index contributed by atoms with van der Waals surface area (Å²) in [5, 5.41) is 0. The van der Waals surface area contributed by atoms with E-state index in [1.54, 1.807) is 0 Å². The van der Waals surface area contributed by atoms with Gasteiger partial charge >= 0.3 is 0 Å². The van der Waals surface area contributed by atoms with Crippen molar-refractivity contribution in [3.05, 3.63) is 18.2 Å². The molecule has 1 aromatic rings. The Morgan fingerprint density at radius 3 is 1.23 bits per heavy atom. The zero-order valence-corrected chi connectivity index (χ0v) is 27.5. The van der Waals surface area contributed by atoms with E-state index < -0.39 is 0 Å². The van der Waals surface area contributed by atoms with Crippen LogP contribution < -0.4 is 0 Å². The van der Waals surface area contributed by atoms with Crippen LogP contribution in [-0.4, -0.2) is 9.55 Å². The van der Waals surface area contributed by atoms with Gasteiger partial charge in [-0.3, -0.25) is 0 Å². The van der Waals surface area contributed by atoms with Crippen molar-refractivity contribution in [2.75, 3.05) is 0 Å². The Kier molecular flexibility index (Phi) is 25.4. The van der Waals surface area contributed by atoms with Gasteiger partial charge in [0.1, 0.15) is 5.82 Å². The summed E-state index contributed by atoms with van der Waals surface area (Å²) < 4.78 is 2.56. The van der Waals surface area contributed by atoms with Crippen molar-refractivity contribution in [2.45, 2.75) is 219 Å². The van der Waals surface area contributed by atoms with Crippen LogP contribution in [0.3, 0.4) is 0 Å². The summed E-state index contributed by atoms with van der Waals surface area (Å²) in [4.78, 5) is 4.96. The summed E-state index contributed by atoms with van der Waals surface area (Å²) in [6.45, 7) is 9.37. The summed E-state index contributed by atoms with van der Waals surface area (Å²) in [6.07, 6.45) is 43.8. The lowest BCUT2D eigenvalue weighted by Crippen LogP contribution is -2.13.